The number of oxime groups is 1. The predicted molar refractivity (Wildman–Crippen MR) is 84.2 cm³/mol. The second-order valence-corrected chi connectivity index (χ2v) is 6.04. The number of carbonyl (C=O) groups is 1. The van der Waals surface area contributed by atoms with Gasteiger partial charge >= 0.3 is 5.97 Å². The fourth-order valence-electron chi connectivity index (χ4n) is 2.55. The Hall–Kier alpha value is -1.49. The number of fused-ring (bicyclic) bond motifs is 1. The summed E-state index contributed by atoms with van der Waals surface area (Å²) in [6, 6.07) is 0. The van der Waals surface area contributed by atoms with Gasteiger partial charge in [0, 0.05) is 41.0 Å². The summed E-state index contributed by atoms with van der Waals surface area (Å²) in [5.41, 5.74) is 2.94. The molecule has 0 fully saturated rings. The van der Waals surface area contributed by atoms with Crippen LogP contribution in [0.5, 0.6) is 0 Å². The third kappa shape index (κ3) is 2.68. The molecule has 1 aliphatic rings. The molecule has 5 heteroatoms. The first-order chi connectivity index (χ1) is 9.45. The van der Waals surface area contributed by atoms with Gasteiger partial charge in [-0.2, -0.15) is 11.8 Å². The predicted octanol–water partition coefficient (Wildman–Crippen LogP) is 1.32. The van der Waals surface area contributed by atoms with Crippen LogP contribution < -0.4 is 10.6 Å². The van der Waals surface area contributed by atoms with Crippen molar-refractivity contribution in [1.82, 2.24) is 4.57 Å². The average molecular weight is 292 g/mol. The Morgan fingerprint density at radius 2 is 2.20 bits per heavy atom. The number of thioether (sulfide) groups is 1. The van der Waals surface area contributed by atoms with Crippen LogP contribution in [0.4, 0.5) is 0 Å². The molecule has 0 bridgehead atoms. The molecular weight excluding hydrogens is 272 g/mol. The molecule has 4 nitrogen and oxygen atoms in total. The van der Waals surface area contributed by atoms with E-state index in [1.165, 1.54) is 17.5 Å². The van der Waals surface area contributed by atoms with Crippen molar-refractivity contribution in [2.75, 3.05) is 6.26 Å². The van der Waals surface area contributed by atoms with Gasteiger partial charge in [-0.15, -0.1) is 0 Å². The molecule has 0 aromatic carbocycles. The van der Waals surface area contributed by atoms with E-state index in [2.05, 4.69) is 42.1 Å². The summed E-state index contributed by atoms with van der Waals surface area (Å²) >= 11 is 1.84. The Kier molecular flexibility index (Phi) is 4.38. The third-order valence-electron chi connectivity index (χ3n) is 3.64. The van der Waals surface area contributed by atoms with Gasteiger partial charge in [0.15, 0.2) is 0 Å². The summed E-state index contributed by atoms with van der Waals surface area (Å²) in [7, 11) is 2.06. The highest BCUT2D eigenvalue weighted by Crippen LogP contribution is 2.16. The van der Waals surface area contributed by atoms with Crippen LogP contribution in [0.1, 0.15) is 31.5 Å². The zero-order chi connectivity index (χ0) is 14.9. The van der Waals surface area contributed by atoms with E-state index in [1.807, 2.05) is 18.7 Å². The lowest BCUT2D eigenvalue weighted by Crippen LogP contribution is -2.34. The lowest BCUT2D eigenvalue weighted by molar-refractivity contribution is -0.140. The molecule has 1 aromatic heterocycles. The van der Waals surface area contributed by atoms with Crippen LogP contribution in [0.2, 0.25) is 0 Å². The Morgan fingerprint density at radius 1 is 1.50 bits per heavy atom. The van der Waals surface area contributed by atoms with E-state index in [9.17, 15) is 4.79 Å². The van der Waals surface area contributed by atoms with E-state index in [4.69, 9.17) is 4.84 Å². The molecule has 0 saturated heterocycles. The van der Waals surface area contributed by atoms with Crippen LogP contribution in [-0.4, -0.2) is 27.8 Å². The zero-order valence-corrected chi connectivity index (χ0v) is 13.4. The normalized spacial score (nSPS) is 18.1. The van der Waals surface area contributed by atoms with E-state index < -0.39 is 5.97 Å². The van der Waals surface area contributed by atoms with Gasteiger partial charge in [0.25, 0.3) is 0 Å². The van der Waals surface area contributed by atoms with Crippen LogP contribution in [0.15, 0.2) is 5.16 Å². The molecule has 1 aliphatic carbocycles. The van der Waals surface area contributed by atoms with E-state index in [-0.39, 0.29) is 0 Å². The SMILES string of the molecule is CSC1C=c2c(/C(C)=N/OC(C)=O)c(C)n(C)c2=CC1. The highest BCUT2D eigenvalue weighted by atomic mass is 32.2. The van der Waals surface area contributed by atoms with E-state index in [0.717, 1.165) is 23.4 Å². The molecule has 0 N–H and O–H groups in total. The molecule has 0 saturated carbocycles. The summed E-state index contributed by atoms with van der Waals surface area (Å²) in [6.07, 6.45) is 7.72. The monoisotopic (exact) mass is 292 g/mol. The van der Waals surface area contributed by atoms with Crippen molar-refractivity contribution in [2.45, 2.75) is 32.4 Å². The fourth-order valence-corrected chi connectivity index (χ4v) is 3.11. The van der Waals surface area contributed by atoms with Gasteiger partial charge in [0.2, 0.25) is 0 Å². The summed E-state index contributed by atoms with van der Waals surface area (Å²) in [5, 5.41) is 6.85. The van der Waals surface area contributed by atoms with E-state index >= 15 is 0 Å². The number of carbonyl (C=O) groups excluding carboxylic acids is 1. The van der Waals surface area contributed by atoms with Gasteiger partial charge in [-0.1, -0.05) is 17.3 Å². The maximum absolute atomic E-state index is 10.9. The second kappa shape index (κ2) is 5.87. The molecule has 1 atom stereocenters. The maximum Gasteiger partial charge on any atom is 0.331 e. The van der Waals surface area contributed by atoms with Crippen molar-refractivity contribution in [1.29, 1.82) is 0 Å². The van der Waals surface area contributed by atoms with Crippen molar-refractivity contribution in [3.05, 3.63) is 21.8 Å². The summed E-state index contributed by atoms with van der Waals surface area (Å²) in [6.45, 7) is 5.30. The summed E-state index contributed by atoms with van der Waals surface area (Å²) in [5.74, 6) is -0.399. The second-order valence-electron chi connectivity index (χ2n) is 4.96. The van der Waals surface area contributed by atoms with E-state index in [0.29, 0.717) is 5.25 Å². The summed E-state index contributed by atoms with van der Waals surface area (Å²) in [4.78, 5) is 15.7. The number of nitrogens with zero attached hydrogens (tertiary/aromatic N) is 2. The van der Waals surface area contributed by atoms with E-state index in [1.54, 1.807) is 0 Å². The standard InChI is InChI=1S/C15H20N2O2S/c1-9(16-19-11(3)18)15-10(2)17(4)14-7-6-12(20-5)8-13(14)15/h7-8,12H,6H2,1-5H3/b16-9+. The first kappa shape index (κ1) is 14.9. The van der Waals surface area contributed by atoms with Crippen molar-refractivity contribution in [3.8, 4) is 0 Å². The Labute approximate surface area is 123 Å². The van der Waals surface area contributed by atoms with Crippen LogP contribution in [0, 0.1) is 6.92 Å². The molecule has 108 valence electrons. The highest BCUT2D eigenvalue weighted by molar-refractivity contribution is 7.99. The molecule has 1 aromatic rings. The lowest BCUT2D eigenvalue weighted by Gasteiger charge is -2.09. The topological polar surface area (TPSA) is 43.6 Å². The smallest absolute Gasteiger partial charge is 0.331 e. The Bertz CT molecular complexity index is 686. The van der Waals surface area contributed by atoms with Crippen LogP contribution in [-0.2, 0) is 16.7 Å². The molecule has 20 heavy (non-hydrogen) atoms. The summed E-state index contributed by atoms with van der Waals surface area (Å²) < 4.78 is 2.17. The van der Waals surface area contributed by atoms with Gasteiger partial charge in [-0.25, -0.2) is 4.79 Å². The van der Waals surface area contributed by atoms with Crippen molar-refractivity contribution in [3.63, 3.8) is 0 Å². The number of rotatable bonds is 3. The van der Waals surface area contributed by atoms with Crippen molar-refractivity contribution in [2.24, 2.45) is 12.2 Å². The minimum Gasteiger partial charge on any atom is -0.348 e. The molecule has 0 amide bonds. The van der Waals surface area contributed by atoms with Crippen LogP contribution >= 0.6 is 11.8 Å². The number of hydrogen-bond donors (Lipinski definition) is 0. The molecule has 1 heterocycles. The average Bonchev–Trinajstić information content (AvgIpc) is 2.68. The van der Waals surface area contributed by atoms with Gasteiger partial charge < -0.3 is 9.40 Å². The maximum atomic E-state index is 10.9. The molecule has 0 spiro atoms. The van der Waals surface area contributed by atoms with Crippen molar-refractivity contribution >= 4 is 35.6 Å². The van der Waals surface area contributed by atoms with Gasteiger partial charge in [-0.05, 0) is 26.5 Å². The Morgan fingerprint density at radius 3 is 2.80 bits per heavy atom. The van der Waals surface area contributed by atoms with Crippen LogP contribution in [0.3, 0.4) is 0 Å². The highest BCUT2D eigenvalue weighted by Gasteiger charge is 2.16. The largest absolute Gasteiger partial charge is 0.348 e. The van der Waals surface area contributed by atoms with Gasteiger partial charge in [-0.3, -0.25) is 0 Å². The molecule has 0 aliphatic heterocycles. The molecule has 1 unspecified atom stereocenters. The fraction of sp³-hybridized carbons (Fsp3) is 0.467. The number of hydrogen-bond acceptors (Lipinski definition) is 4. The third-order valence-corrected chi connectivity index (χ3v) is 4.58. The number of aromatic nitrogens is 1. The lowest BCUT2D eigenvalue weighted by atomic mass is 10.1. The molecular formula is C15H20N2O2S. The molecule has 2 rings (SSSR count). The van der Waals surface area contributed by atoms with Gasteiger partial charge in [0.05, 0.1) is 5.71 Å². The molecule has 0 radical (unpaired) electrons. The minimum absolute atomic E-state index is 0.399. The first-order valence-corrected chi connectivity index (χ1v) is 7.87. The quantitative estimate of drug-likeness (QED) is 0.479. The van der Waals surface area contributed by atoms with Crippen LogP contribution in [0.25, 0.3) is 12.2 Å². The zero-order valence-electron chi connectivity index (χ0n) is 12.6. The van der Waals surface area contributed by atoms with Gasteiger partial charge in [0.1, 0.15) is 0 Å². The first-order valence-electron chi connectivity index (χ1n) is 6.58. The Balaban J connectivity index is 2.61. The minimum atomic E-state index is -0.399. The van der Waals surface area contributed by atoms with Crippen molar-refractivity contribution < 1.29 is 9.63 Å².